The molecule has 0 aliphatic carbocycles. The minimum absolute atomic E-state index is 0.188. The molecule has 0 bridgehead atoms. The van der Waals surface area contributed by atoms with Crippen molar-refractivity contribution in [2.24, 2.45) is 28.1 Å². The molecule has 0 aliphatic heterocycles. The van der Waals surface area contributed by atoms with E-state index in [1.807, 2.05) is 0 Å². The molecule has 0 radical (unpaired) electrons. The summed E-state index contributed by atoms with van der Waals surface area (Å²) < 4.78 is 0. The minimum Gasteiger partial charge on any atom is -0.0844 e. The Morgan fingerprint density at radius 3 is 1.57 bits per heavy atom. The predicted octanol–water partition coefficient (Wildman–Crippen LogP) is 10.8. The van der Waals surface area contributed by atoms with Crippen LogP contribution in [0.3, 0.4) is 0 Å². The van der Waals surface area contributed by atoms with Crippen LogP contribution in [0.4, 0.5) is 0 Å². The lowest BCUT2D eigenvalue weighted by Crippen LogP contribution is -2.46. The second-order valence-corrected chi connectivity index (χ2v) is 11.9. The van der Waals surface area contributed by atoms with Crippen molar-refractivity contribution in [3.8, 4) is 0 Å². The van der Waals surface area contributed by atoms with Crippen molar-refractivity contribution in [3.05, 3.63) is 23.8 Å². The third-order valence-electron chi connectivity index (χ3n) is 7.85. The summed E-state index contributed by atoms with van der Waals surface area (Å²) in [5.41, 5.74) is 2.19. The molecule has 0 N–H and O–H groups in total. The molecule has 0 heteroatoms. The third-order valence-corrected chi connectivity index (χ3v) is 7.85. The molecule has 0 aromatic carbocycles. The van der Waals surface area contributed by atoms with E-state index in [0.717, 1.165) is 11.8 Å². The second kappa shape index (κ2) is 13.8. The van der Waals surface area contributed by atoms with Gasteiger partial charge in [0.05, 0.1) is 0 Å². The Kier molecular flexibility index (Phi) is 13.6. The third kappa shape index (κ3) is 8.92. The smallest absolute Gasteiger partial charge is 0.00154 e. The summed E-state index contributed by atoms with van der Waals surface area (Å²) in [5.74, 6) is 1.64. The molecular formula is C30H58. The van der Waals surface area contributed by atoms with Crippen molar-refractivity contribution in [2.45, 2.75) is 140 Å². The van der Waals surface area contributed by atoms with Gasteiger partial charge < -0.3 is 0 Å². The lowest BCUT2D eigenvalue weighted by Gasteiger charge is -2.54. The van der Waals surface area contributed by atoms with Gasteiger partial charge in [-0.15, -0.1) is 0 Å². The lowest BCUT2D eigenvalue weighted by atomic mass is 9.50. The fourth-order valence-corrected chi connectivity index (χ4v) is 5.51. The van der Waals surface area contributed by atoms with E-state index >= 15 is 0 Å². The highest BCUT2D eigenvalue weighted by atomic mass is 14.5. The van der Waals surface area contributed by atoms with E-state index in [2.05, 4.69) is 94.4 Å². The molecule has 0 saturated carbocycles. The van der Waals surface area contributed by atoms with Crippen molar-refractivity contribution in [3.63, 3.8) is 0 Å². The standard InChI is InChI=1S/C30H58/c1-12-17-19-25(14-3)23-26(15-4)21-22-30(28(6,7)8,29(9,10)11)24-27(16-5)20-18-13-2/h15,21-22,25,27H,12-14,16-20,23-24H2,1-11H3/b22-21-,26-15+. The molecular weight excluding hydrogens is 360 g/mol. The van der Waals surface area contributed by atoms with E-state index in [1.165, 1.54) is 69.8 Å². The normalized spacial score (nSPS) is 16.3. The molecule has 30 heavy (non-hydrogen) atoms. The van der Waals surface area contributed by atoms with Crippen molar-refractivity contribution >= 4 is 0 Å². The van der Waals surface area contributed by atoms with Crippen LogP contribution in [-0.2, 0) is 0 Å². The maximum atomic E-state index is 2.66. The van der Waals surface area contributed by atoms with Gasteiger partial charge in [-0.3, -0.25) is 0 Å². The van der Waals surface area contributed by atoms with Gasteiger partial charge in [0.2, 0.25) is 0 Å². The van der Waals surface area contributed by atoms with E-state index in [1.54, 1.807) is 0 Å². The molecule has 0 amide bonds. The highest BCUT2D eigenvalue weighted by molar-refractivity contribution is 5.24. The van der Waals surface area contributed by atoms with E-state index < -0.39 is 0 Å². The van der Waals surface area contributed by atoms with Crippen molar-refractivity contribution in [2.75, 3.05) is 0 Å². The van der Waals surface area contributed by atoms with E-state index in [0.29, 0.717) is 0 Å². The zero-order chi connectivity index (χ0) is 23.4. The van der Waals surface area contributed by atoms with Crippen LogP contribution in [0.15, 0.2) is 23.8 Å². The van der Waals surface area contributed by atoms with Crippen LogP contribution >= 0.6 is 0 Å². The highest BCUT2D eigenvalue weighted by Gasteiger charge is 2.49. The van der Waals surface area contributed by atoms with Crippen molar-refractivity contribution in [1.82, 2.24) is 0 Å². The van der Waals surface area contributed by atoms with Crippen LogP contribution in [-0.4, -0.2) is 0 Å². The summed E-state index contributed by atoms with van der Waals surface area (Å²) in [6.07, 6.45) is 20.8. The maximum absolute atomic E-state index is 2.66. The van der Waals surface area contributed by atoms with Gasteiger partial charge in [-0.1, -0.05) is 144 Å². The molecule has 0 heterocycles. The molecule has 0 spiro atoms. The van der Waals surface area contributed by atoms with Crippen LogP contribution < -0.4 is 0 Å². The Hall–Kier alpha value is -0.520. The van der Waals surface area contributed by atoms with Crippen LogP contribution in [0, 0.1) is 28.1 Å². The lowest BCUT2D eigenvalue weighted by molar-refractivity contribution is -0.00838. The molecule has 0 rings (SSSR count). The first-order valence-electron chi connectivity index (χ1n) is 13.3. The molecule has 0 nitrogen and oxygen atoms in total. The Labute approximate surface area is 192 Å². The molecule has 178 valence electrons. The average molecular weight is 419 g/mol. The number of hydrogen-bond acceptors (Lipinski definition) is 0. The number of allylic oxidation sites excluding steroid dienone is 4. The fraction of sp³-hybridized carbons (Fsp3) is 0.867. The zero-order valence-corrected chi connectivity index (χ0v) is 23.0. The first-order chi connectivity index (χ1) is 13.9. The fourth-order valence-electron chi connectivity index (χ4n) is 5.51. The Morgan fingerprint density at radius 2 is 1.20 bits per heavy atom. The summed E-state index contributed by atoms with van der Waals surface area (Å²) in [6, 6.07) is 0. The predicted molar refractivity (Wildman–Crippen MR) is 140 cm³/mol. The first kappa shape index (κ1) is 29.5. The minimum atomic E-state index is 0.188. The molecule has 0 aliphatic rings. The Bertz CT molecular complexity index is 477. The van der Waals surface area contributed by atoms with Crippen LogP contribution in [0.25, 0.3) is 0 Å². The summed E-state index contributed by atoms with van der Waals surface area (Å²) in [5, 5.41) is 0. The van der Waals surface area contributed by atoms with Gasteiger partial charge in [0, 0.05) is 0 Å². The van der Waals surface area contributed by atoms with E-state index in [4.69, 9.17) is 0 Å². The summed E-state index contributed by atoms with van der Waals surface area (Å²) in [6.45, 7) is 26.5. The molecule has 2 atom stereocenters. The van der Waals surface area contributed by atoms with Crippen molar-refractivity contribution < 1.29 is 0 Å². The van der Waals surface area contributed by atoms with Gasteiger partial charge in [0.1, 0.15) is 0 Å². The first-order valence-corrected chi connectivity index (χ1v) is 13.3. The largest absolute Gasteiger partial charge is 0.0844 e. The highest BCUT2D eigenvalue weighted by Crippen LogP contribution is 2.57. The number of hydrogen-bond donors (Lipinski definition) is 0. The summed E-state index contributed by atoms with van der Waals surface area (Å²) in [4.78, 5) is 0. The van der Waals surface area contributed by atoms with Crippen LogP contribution in [0.5, 0.6) is 0 Å². The number of rotatable bonds is 14. The van der Waals surface area contributed by atoms with Gasteiger partial charge in [-0.2, -0.15) is 0 Å². The summed E-state index contributed by atoms with van der Waals surface area (Å²) >= 11 is 0. The van der Waals surface area contributed by atoms with Gasteiger partial charge in [-0.25, -0.2) is 0 Å². The second-order valence-electron chi connectivity index (χ2n) is 11.9. The molecule has 0 saturated heterocycles. The Balaban J connectivity index is 5.95. The Morgan fingerprint density at radius 1 is 0.733 bits per heavy atom. The topological polar surface area (TPSA) is 0 Å². The van der Waals surface area contributed by atoms with E-state index in [-0.39, 0.29) is 16.2 Å². The molecule has 0 fully saturated rings. The van der Waals surface area contributed by atoms with Gasteiger partial charge >= 0.3 is 0 Å². The molecule has 2 unspecified atom stereocenters. The average Bonchev–Trinajstić information content (AvgIpc) is 2.66. The van der Waals surface area contributed by atoms with Crippen LogP contribution in [0.2, 0.25) is 0 Å². The van der Waals surface area contributed by atoms with Crippen molar-refractivity contribution in [1.29, 1.82) is 0 Å². The molecule has 0 aromatic heterocycles. The maximum Gasteiger partial charge on any atom is -0.00154 e. The van der Waals surface area contributed by atoms with Crippen LogP contribution in [0.1, 0.15) is 140 Å². The number of unbranched alkanes of at least 4 members (excludes halogenated alkanes) is 2. The molecule has 0 aromatic rings. The zero-order valence-electron chi connectivity index (χ0n) is 23.0. The van der Waals surface area contributed by atoms with E-state index in [9.17, 15) is 0 Å². The monoisotopic (exact) mass is 418 g/mol. The SMILES string of the molecule is C/C=C(\C=C/C(CC(CC)CCCC)(C(C)(C)C)C(C)(C)C)CC(CC)CCCC. The quantitative estimate of drug-likeness (QED) is 0.246. The van der Waals surface area contributed by atoms with Gasteiger partial charge in [-0.05, 0) is 47.8 Å². The van der Waals surface area contributed by atoms with Gasteiger partial charge in [0.15, 0.2) is 0 Å². The van der Waals surface area contributed by atoms with Gasteiger partial charge in [0.25, 0.3) is 0 Å². The summed E-state index contributed by atoms with van der Waals surface area (Å²) in [7, 11) is 0.